The van der Waals surface area contributed by atoms with Gasteiger partial charge < -0.3 is 9.47 Å². The molecule has 8 heteroatoms. The number of thiazole rings is 1. The summed E-state index contributed by atoms with van der Waals surface area (Å²) in [5, 5.41) is 0.409. The normalized spacial score (nSPS) is 12.0. The van der Waals surface area contributed by atoms with Crippen LogP contribution in [0.3, 0.4) is 0 Å². The van der Waals surface area contributed by atoms with E-state index in [1.165, 1.54) is 11.3 Å². The molecular formula is C24H16BrClN2O3S. The molecule has 0 unspecified atom stereocenters. The number of nitrogens with zero attached hydrogens (tertiary/aromatic N) is 2. The second-order valence-corrected chi connectivity index (χ2v) is 9.42. The number of hydrogen-bond donors (Lipinski definition) is 0. The molecule has 2 aromatic heterocycles. The van der Waals surface area contributed by atoms with Gasteiger partial charge in [-0.25, -0.2) is 9.38 Å². The first-order valence-corrected chi connectivity index (χ1v) is 11.7. The Labute approximate surface area is 200 Å². The summed E-state index contributed by atoms with van der Waals surface area (Å²) in [7, 11) is 1.56. The lowest BCUT2D eigenvalue weighted by atomic mass is 10.2. The van der Waals surface area contributed by atoms with Crippen molar-refractivity contribution >= 4 is 60.9 Å². The standard InChI is InChI=1S/C24H16BrClN2O3S/c1-30-20-11-15(10-17(26)22(20)31-13-14-6-8-16(25)9-7-14)12-21-23(29)28-19-5-3-2-4-18(19)27-24(28)32-21/h2-12H,13H2,1H3/b21-12-. The van der Waals surface area contributed by atoms with Crippen molar-refractivity contribution in [2.75, 3.05) is 7.11 Å². The van der Waals surface area contributed by atoms with Gasteiger partial charge in [0.05, 0.1) is 27.7 Å². The molecule has 0 aliphatic rings. The highest BCUT2D eigenvalue weighted by atomic mass is 79.9. The smallest absolute Gasteiger partial charge is 0.274 e. The fourth-order valence-corrected chi connectivity index (χ4v) is 4.99. The van der Waals surface area contributed by atoms with Crippen LogP contribution in [-0.2, 0) is 6.61 Å². The minimum Gasteiger partial charge on any atom is -0.493 e. The van der Waals surface area contributed by atoms with E-state index in [1.807, 2.05) is 54.6 Å². The van der Waals surface area contributed by atoms with Crippen molar-refractivity contribution in [1.29, 1.82) is 0 Å². The van der Waals surface area contributed by atoms with Crippen molar-refractivity contribution in [3.63, 3.8) is 0 Å². The molecule has 5 nitrogen and oxygen atoms in total. The molecule has 0 amide bonds. The number of methoxy groups -OCH3 is 1. The molecule has 0 saturated carbocycles. The molecule has 0 aliphatic carbocycles. The summed E-state index contributed by atoms with van der Waals surface area (Å²) in [4.78, 5) is 18.2. The fourth-order valence-electron chi connectivity index (χ4n) is 3.46. The predicted octanol–water partition coefficient (Wildman–Crippen LogP) is 5.46. The largest absolute Gasteiger partial charge is 0.493 e. The highest BCUT2D eigenvalue weighted by Gasteiger charge is 2.14. The van der Waals surface area contributed by atoms with Gasteiger partial charge in [-0.15, -0.1) is 0 Å². The van der Waals surface area contributed by atoms with Crippen LogP contribution < -0.4 is 19.6 Å². The fraction of sp³-hybridized carbons (Fsp3) is 0.0833. The Balaban J connectivity index is 1.51. The van der Waals surface area contributed by atoms with Gasteiger partial charge in [-0.3, -0.25) is 4.79 Å². The summed E-state index contributed by atoms with van der Waals surface area (Å²) >= 11 is 11.3. The van der Waals surface area contributed by atoms with Gasteiger partial charge in [-0.1, -0.05) is 63.1 Å². The van der Waals surface area contributed by atoms with Crippen LogP contribution in [0.5, 0.6) is 11.5 Å². The zero-order valence-electron chi connectivity index (χ0n) is 16.8. The zero-order chi connectivity index (χ0) is 22.2. The van der Waals surface area contributed by atoms with Gasteiger partial charge in [0.25, 0.3) is 5.56 Å². The molecule has 0 aliphatic heterocycles. The SMILES string of the molecule is COc1cc(/C=c2\sc3nc4ccccc4n3c2=O)cc(Cl)c1OCc1ccc(Br)cc1. The number of aromatic nitrogens is 2. The zero-order valence-corrected chi connectivity index (χ0v) is 20.0. The molecule has 0 atom stereocenters. The molecule has 160 valence electrons. The minimum atomic E-state index is -0.107. The van der Waals surface area contributed by atoms with Crippen LogP contribution in [0.4, 0.5) is 0 Å². The van der Waals surface area contributed by atoms with Crippen molar-refractivity contribution in [2.24, 2.45) is 0 Å². The van der Waals surface area contributed by atoms with Gasteiger partial charge in [-0.2, -0.15) is 0 Å². The Morgan fingerprint density at radius 3 is 2.72 bits per heavy atom. The first kappa shape index (κ1) is 21.0. The number of para-hydroxylation sites is 2. The van der Waals surface area contributed by atoms with E-state index in [-0.39, 0.29) is 5.56 Å². The Hall–Kier alpha value is -2.87. The van der Waals surface area contributed by atoms with Gasteiger partial charge in [0.1, 0.15) is 6.61 Å². The van der Waals surface area contributed by atoms with Gasteiger partial charge >= 0.3 is 0 Å². The molecule has 2 heterocycles. The average Bonchev–Trinajstić information content (AvgIpc) is 3.30. The number of ether oxygens (including phenoxy) is 2. The molecule has 0 fully saturated rings. The van der Waals surface area contributed by atoms with E-state index in [4.69, 9.17) is 21.1 Å². The van der Waals surface area contributed by atoms with E-state index in [1.54, 1.807) is 23.7 Å². The molecule has 32 heavy (non-hydrogen) atoms. The van der Waals surface area contributed by atoms with E-state index < -0.39 is 0 Å². The summed E-state index contributed by atoms with van der Waals surface area (Å²) < 4.78 is 14.7. The van der Waals surface area contributed by atoms with Crippen LogP contribution in [0.2, 0.25) is 5.02 Å². The van der Waals surface area contributed by atoms with E-state index in [0.717, 1.165) is 26.6 Å². The van der Waals surface area contributed by atoms with Crippen molar-refractivity contribution < 1.29 is 9.47 Å². The Bertz CT molecular complexity index is 1560. The third kappa shape index (κ3) is 3.88. The monoisotopic (exact) mass is 526 g/mol. The van der Waals surface area contributed by atoms with Crippen LogP contribution in [0.25, 0.3) is 22.1 Å². The van der Waals surface area contributed by atoms with Crippen molar-refractivity contribution in [3.05, 3.63) is 96.2 Å². The quantitative estimate of drug-likeness (QED) is 0.305. The van der Waals surface area contributed by atoms with E-state index in [0.29, 0.717) is 32.6 Å². The summed E-state index contributed by atoms with van der Waals surface area (Å²) in [6, 6.07) is 19.0. The third-order valence-corrected chi connectivity index (χ3v) is 6.77. The van der Waals surface area contributed by atoms with Crippen molar-refractivity contribution in [3.8, 4) is 11.5 Å². The highest BCUT2D eigenvalue weighted by molar-refractivity contribution is 9.10. The lowest BCUT2D eigenvalue weighted by Crippen LogP contribution is -2.22. The first-order chi connectivity index (χ1) is 15.5. The first-order valence-electron chi connectivity index (χ1n) is 9.70. The van der Waals surface area contributed by atoms with E-state index >= 15 is 0 Å². The molecule has 3 aromatic carbocycles. The van der Waals surface area contributed by atoms with Gasteiger partial charge in [-0.05, 0) is 53.6 Å². The molecule has 0 spiro atoms. The summed E-state index contributed by atoms with van der Waals surface area (Å²) in [5.74, 6) is 0.962. The van der Waals surface area contributed by atoms with Crippen molar-refractivity contribution in [2.45, 2.75) is 6.61 Å². The number of halogens is 2. The van der Waals surface area contributed by atoms with Crippen LogP contribution in [0.15, 0.2) is 69.9 Å². The summed E-state index contributed by atoms with van der Waals surface area (Å²) in [6.45, 7) is 0.353. The van der Waals surface area contributed by atoms with Crippen molar-refractivity contribution in [1.82, 2.24) is 9.38 Å². The van der Waals surface area contributed by atoms with E-state index in [9.17, 15) is 4.79 Å². The van der Waals surface area contributed by atoms with Crippen LogP contribution in [0.1, 0.15) is 11.1 Å². The maximum absolute atomic E-state index is 13.0. The molecule has 0 saturated heterocycles. The van der Waals surface area contributed by atoms with Gasteiger partial charge in [0.2, 0.25) is 0 Å². The molecule has 5 aromatic rings. The van der Waals surface area contributed by atoms with Crippen LogP contribution in [-0.4, -0.2) is 16.5 Å². The van der Waals surface area contributed by atoms with Gasteiger partial charge in [0.15, 0.2) is 16.5 Å². The predicted molar refractivity (Wildman–Crippen MR) is 132 cm³/mol. The second kappa shape index (κ2) is 8.58. The number of imidazole rings is 1. The molecule has 0 radical (unpaired) electrons. The van der Waals surface area contributed by atoms with E-state index in [2.05, 4.69) is 20.9 Å². The molecular weight excluding hydrogens is 512 g/mol. The summed E-state index contributed by atoms with van der Waals surface area (Å²) in [5.41, 5.74) is 3.25. The lowest BCUT2D eigenvalue weighted by Gasteiger charge is -2.13. The molecule has 0 bridgehead atoms. The maximum Gasteiger partial charge on any atom is 0.274 e. The number of rotatable bonds is 5. The average molecular weight is 528 g/mol. The Kier molecular flexibility index (Phi) is 5.63. The molecule has 5 rings (SSSR count). The molecule has 0 N–H and O–H groups in total. The second-order valence-electron chi connectivity index (χ2n) is 7.08. The van der Waals surface area contributed by atoms with Crippen LogP contribution >= 0.6 is 38.9 Å². The van der Waals surface area contributed by atoms with Crippen LogP contribution in [0, 0.1) is 0 Å². The minimum absolute atomic E-state index is 0.107. The number of fused-ring (bicyclic) bond motifs is 3. The number of benzene rings is 3. The third-order valence-electron chi connectivity index (χ3n) is 4.99. The maximum atomic E-state index is 13.0. The highest BCUT2D eigenvalue weighted by Crippen LogP contribution is 2.37. The number of hydrogen-bond acceptors (Lipinski definition) is 5. The lowest BCUT2D eigenvalue weighted by molar-refractivity contribution is 0.284. The van der Waals surface area contributed by atoms with Gasteiger partial charge in [0, 0.05) is 4.47 Å². The summed E-state index contributed by atoms with van der Waals surface area (Å²) in [6.07, 6.45) is 1.79. The Morgan fingerprint density at radius 2 is 1.94 bits per heavy atom. The Morgan fingerprint density at radius 1 is 1.16 bits per heavy atom. The topological polar surface area (TPSA) is 52.8 Å².